The van der Waals surface area contributed by atoms with Gasteiger partial charge in [0.25, 0.3) is 0 Å². The summed E-state index contributed by atoms with van der Waals surface area (Å²) < 4.78 is 14.0. The fraction of sp³-hybridized carbons (Fsp3) is 0.474. The van der Waals surface area contributed by atoms with E-state index in [2.05, 4.69) is 17.0 Å². The molecule has 176 valence electrons. The maximum absolute atomic E-state index is 9.77. The molecule has 4 atom stereocenters. The van der Waals surface area contributed by atoms with E-state index in [0.29, 0.717) is 23.2 Å². The summed E-state index contributed by atoms with van der Waals surface area (Å²) >= 11 is 12.4. The van der Waals surface area contributed by atoms with Gasteiger partial charge in [0.1, 0.15) is 19.2 Å². The number of nitrogens with zero attached hydrogens (tertiary/aromatic N) is 3. The molecule has 2 aromatic rings. The Labute approximate surface area is 193 Å². The first-order valence-electron chi connectivity index (χ1n) is 9.51. The van der Waals surface area contributed by atoms with Crippen LogP contribution in [-0.4, -0.2) is 72.0 Å². The van der Waals surface area contributed by atoms with Crippen molar-refractivity contribution in [3.8, 4) is 0 Å². The van der Waals surface area contributed by atoms with Crippen molar-refractivity contribution in [3.63, 3.8) is 0 Å². The zero-order chi connectivity index (χ0) is 23.9. The number of aliphatic hydroxyl groups excluding tert-OH is 2. The average Bonchev–Trinajstić information content (AvgIpc) is 3.38. The van der Waals surface area contributed by atoms with Crippen LogP contribution in [0.3, 0.4) is 0 Å². The number of benzene rings is 1. The Hall–Kier alpha value is -2.28. The summed E-state index contributed by atoms with van der Waals surface area (Å²) in [6.45, 7) is 3.03. The topological polar surface area (TPSA) is 164 Å². The molecule has 0 bridgehead atoms. The first kappa shape index (κ1) is 26.0. The van der Waals surface area contributed by atoms with Gasteiger partial charge >= 0.3 is 11.9 Å². The molecule has 1 fully saturated rings. The molecule has 0 radical (unpaired) electrons. The van der Waals surface area contributed by atoms with Gasteiger partial charge in [-0.1, -0.05) is 42.6 Å². The van der Waals surface area contributed by atoms with Crippen LogP contribution < -0.4 is 0 Å². The molecule has 2 heterocycles. The molecule has 3 rings (SSSR count). The Kier molecular flexibility index (Phi) is 9.37. The van der Waals surface area contributed by atoms with E-state index in [1.807, 2.05) is 6.07 Å². The Morgan fingerprint density at radius 1 is 1.25 bits per heavy atom. The molecule has 0 amide bonds. The average molecular weight is 492 g/mol. The number of hydrogen-bond acceptors (Lipinski definition) is 8. The van der Waals surface area contributed by atoms with Crippen LogP contribution in [0.15, 0.2) is 30.9 Å². The number of aliphatic hydroxyl groups is 2. The number of rotatable bonds is 8. The third-order valence-corrected chi connectivity index (χ3v) is 5.00. The fourth-order valence-electron chi connectivity index (χ4n) is 2.93. The third kappa shape index (κ3) is 6.61. The second-order valence-corrected chi connectivity index (χ2v) is 7.72. The summed E-state index contributed by atoms with van der Waals surface area (Å²) in [6, 6.07) is 5.32. The van der Waals surface area contributed by atoms with Crippen LogP contribution in [0.1, 0.15) is 25.3 Å². The molecule has 0 spiro atoms. The smallest absolute Gasteiger partial charge is 0.335 e. The van der Waals surface area contributed by atoms with Crippen molar-refractivity contribution in [3.05, 3.63) is 46.5 Å². The van der Waals surface area contributed by atoms with Crippen molar-refractivity contribution >= 4 is 35.1 Å². The van der Waals surface area contributed by atoms with E-state index in [9.17, 15) is 9.59 Å². The van der Waals surface area contributed by atoms with E-state index in [4.69, 9.17) is 53.1 Å². The quantitative estimate of drug-likeness (QED) is 0.425. The first-order chi connectivity index (χ1) is 15.1. The van der Waals surface area contributed by atoms with Crippen LogP contribution >= 0.6 is 23.2 Å². The van der Waals surface area contributed by atoms with Gasteiger partial charge in [-0.05, 0) is 18.6 Å². The zero-order valence-corrected chi connectivity index (χ0v) is 18.5. The standard InChI is InChI=1S/C15H17Cl2N3O2.C4H6O6/c1-2-3-12-7-21-15(22-12,8-20-10-18-9-19-20)13-5-4-11(16)6-14(13)17;5-1(3(7)8)2(6)4(9)10/h4-6,9-10,12H,2-3,7-8H2,1H3;1-2,5-6H,(H,7,8)(H,9,10). The predicted molar refractivity (Wildman–Crippen MR) is 111 cm³/mol. The molecular formula is C19H23Cl2N3O8. The number of carboxylic acids is 2. The second kappa shape index (κ2) is 11.5. The van der Waals surface area contributed by atoms with Crippen molar-refractivity contribution in [1.29, 1.82) is 0 Å². The van der Waals surface area contributed by atoms with E-state index in [1.165, 1.54) is 6.33 Å². The highest BCUT2D eigenvalue weighted by molar-refractivity contribution is 6.35. The highest BCUT2D eigenvalue weighted by Crippen LogP contribution is 2.41. The molecule has 0 saturated carbocycles. The summed E-state index contributed by atoms with van der Waals surface area (Å²) in [4.78, 5) is 23.5. The maximum Gasteiger partial charge on any atom is 0.335 e. The number of halogens is 2. The molecule has 1 aromatic carbocycles. The maximum atomic E-state index is 9.77. The van der Waals surface area contributed by atoms with Gasteiger partial charge in [0.05, 0.1) is 17.7 Å². The van der Waals surface area contributed by atoms with Gasteiger partial charge < -0.3 is 29.9 Å². The molecule has 13 heteroatoms. The number of aliphatic carboxylic acids is 2. The van der Waals surface area contributed by atoms with E-state index in [1.54, 1.807) is 23.1 Å². The van der Waals surface area contributed by atoms with Gasteiger partial charge in [-0.15, -0.1) is 0 Å². The minimum Gasteiger partial charge on any atom is -0.479 e. The lowest BCUT2D eigenvalue weighted by molar-refractivity contribution is -0.189. The van der Waals surface area contributed by atoms with Gasteiger partial charge in [-0.3, -0.25) is 0 Å². The van der Waals surface area contributed by atoms with Gasteiger partial charge in [0.2, 0.25) is 5.79 Å². The third-order valence-electron chi connectivity index (χ3n) is 4.45. The predicted octanol–water partition coefficient (Wildman–Crippen LogP) is 1.53. The first-order valence-corrected chi connectivity index (χ1v) is 10.3. The van der Waals surface area contributed by atoms with Crippen LogP contribution in [0.5, 0.6) is 0 Å². The Balaban J connectivity index is 0.000000309. The van der Waals surface area contributed by atoms with Gasteiger partial charge in [0, 0.05) is 10.6 Å². The van der Waals surface area contributed by atoms with Crippen LogP contribution in [0.4, 0.5) is 0 Å². The fourth-order valence-corrected chi connectivity index (χ4v) is 3.49. The van der Waals surface area contributed by atoms with E-state index in [0.717, 1.165) is 18.4 Å². The van der Waals surface area contributed by atoms with E-state index >= 15 is 0 Å². The van der Waals surface area contributed by atoms with Crippen molar-refractivity contribution in [2.24, 2.45) is 0 Å². The molecule has 11 nitrogen and oxygen atoms in total. The molecule has 1 aliphatic heterocycles. The summed E-state index contributed by atoms with van der Waals surface area (Å²) in [5, 5.41) is 37.8. The highest BCUT2D eigenvalue weighted by Gasteiger charge is 2.45. The molecule has 1 aliphatic rings. The van der Waals surface area contributed by atoms with Crippen molar-refractivity contribution < 1.29 is 39.5 Å². The lowest BCUT2D eigenvalue weighted by Crippen LogP contribution is -2.39. The van der Waals surface area contributed by atoms with Crippen molar-refractivity contribution in [1.82, 2.24) is 14.8 Å². The highest BCUT2D eigenvalue weighted by atomic mass is 35.5. The molecule has 32 heavy (non-hydrogen) atoms. The van der Waals surface area contributed by atoms with E-state index < -0.39 is 29.9 Å². The molecule has 4 N–H and O–H groups in total. The van der Waals surface area contributed by atoms with Gasteiger partial charge in [-0.2, -0.15) is 5.10 Å². The van der Waals surface area contributed by atoms with E-state index in [-0.39, 0.29) is 6.10 Å². The van der Waals surface area contributed by atoms with Crippen LogP contribution in [0.25, 0.3) is 0 Å². The monoisotopic (exact) mass is 491 g/mol. The van der Waals surface area contributed by atoms with Gasteiger partial charge in [-0.25, -0.2) is 19.3 Å². The van der Waals surface area contributed by atoms with Gasteiger partial charge in [0.15, 0.2) is 12.2 Å². The second-order valence-electron chi connectivity index (χ2n) is 6.88. The van der Waals surface area contributed by atoms with Crippen molar-refractivity contribution in [2.45, 2.75) is 50.4 Å². The molecule has 1 aromatic heterocycles. The SMILES string of the molecule is CCCC1COC(Cn2cncn2)(c2ccc(Cl)cc2Cl)O1.O=C(O)C(O)C(O)C(=O)O. The van der Waals surface area contributed by atoms with Crippen LogP contribution in [0, 0.1) is 0 Å². The number of ether oxygens (including phenoxy) is 2. The summed E-state index contributed by atoms with van der Waals surface area (Å²) in [7, 11) is 0. The number of aromatic nitrogens is 3. The summed E-state index contributed by atoms with van der Waals surface area (Å²) in [5.74, 6) is -4.50. The lowest BCUT2D eigenvalue weighted by atomic mass is 10.1. The van der Waals surface area contributed by atoms with Crippen molar-refractivity contribution in [2.75, 3.05) is 6.61 Å². The molecular weight excluding hydrogens is 469 g/mol. The lowest BCUT2D eigenvalue weighted by Gasteiger charge is -2.29. The largest absolute Gasteiger partial charge is 0.479 e. The Morgan fingerprint density at radius 3 is 2.41 bits per heavy atom. The minimum absolute atomic E-state index is 0.0419. The van der Waals surface area contributed by atoms with Crippen LogP contribution in [-0.2, 0) is 31.4 Å². The summed E-state index contributed by atoms with van der Waals surface area (Å²) in [5.41, 5.74) is 0.757. The summed E-state index contributed by atoms with van der Waals surface area (Å²) in [6.07, 6.45) is 0.586. The number of hydrogen-bond donors (Lipinski definition) is 4. The number of carbonyl (C=O) groups is 2. The molecule has 1 saturated heterocycles. The number of carboxylic acid groups (broad SMARTS) is 2. The minimum atomic E-state index is -2.27. The molecule has 4 unspecified atom stereocenters. The normalized spacial score (nSPS) is 22.0. The van der Waals surface area contributed by atoms with Crippen LogP contribution in [0.2, 0.25) is 10.0 Å². The Bertz CT molecular complexity index is 896. The Morgan fingerprint density at radius 2 is 1.91 bits per heavy atom. The zero-order valence-electron chi connectivity index (χ0n) is 17.0. The molecule has 0 aliphatic carbocycles.